The van der Waals surface area contributed by atoms with Gasteiger partial charge in [0, 0.05) is 24.5 Å². The summed E-state index contributed by atoms with van der Waals surface area (Å²) in [5.41, 5.74) is 1.67. The van der Waals surface area contributed by atoms with Crippen LogP contribution in [0.25, 0.3) is 0 Å². The maximum atomic E-state index is 12.3. The summed E-state index contributed by atoms with van der Waals surface area (Å²) in [6.45, 7) is 4.26. The average molecular weight is 417 g/mol. The van der Waals surface area contributed by atoms with Crippen molar-refractivity contribution < 1.29 is 23.9 Å². The van der Waals surface area contributed by atoms with Crippen LogP contribution in [0.5, 0.6) is 0 Å². The number of rotatable bonds is 7. The molecule has 1 aromatic heterocycles. The number of benzene rings is 1. The molecule has 1 fully saturated rings. The molecule has 0 bridgehead atoms. The SMILES string of the molecule is C[C@H](OC(=O)CNC(=O)c1cccs1)C(=O)Nc1ccc(N2CCOCC2)cc1. The second kappa shape index (κ2) is 10.0. The lowest BCUT2D eigenvalue weighted by molar-refractivity contribution is -0.152. The molecule has 2 amide bonds. The molecule has 0 aliphatic carbocycles. The first kappa shape index (κ1) is 20.8. The minimum atomic E-state index is -0.986. The van der Waals surface area contributed by atoms with Gasteiger partial charge in [-0.3, -0.25) is 14.4 Å². The van der Waals surface area contributed by atoms with E-state index in [1.807, 2.05) is 12.1 Å². The Hall–Kier alpha value is -2.91. The van der Waals surface area contributed by atoms with Crippen LogP contribution in [0.15, 0.2) is 41.8 Å². The molecule has 3 rings (SSSR count). The Morgan fingerprint density at radius 3 is 2.55 bits per heavy atom. The first-order valence-electron chi connectivity index (χ1n) is 9.28. The Labute approximate surface area is 172 Å². The van der Waals surface area contributed by atoms with Gasteiger partial charge < -0.3 is 25.0 Å². The van der Waals surface area contributed by atoms with Gasteiger partial charge in [-0.05, 0) is 42.6 Å². The molecule has 1 aromatic carbocycles. The molecule has 2 N–H and O–H groups in total. The number of nitrogens with zero attached hydrogens (tertiary/aromatic N) is 1. The van der Waals surface area contributed by atoms with Gasteiger partial charge in [0.25, 0.3) is 11.8 Å². The van der Waals surface area contributed by atoms with Gasteiger partial charge in [0.05, 0.1) is 18.1 Å². The fraction of sp³-hybridized carbons (Fsp3) is 0.350. The number of amides is 2. The van der Waals surface area contributed by atoms with E-state index < -0.39 is 18.0 Å². The number of carbonyl (C=O) groups is 3. The van der Waals surface area contributed by atoms with Crippen LogP contribution < -0.4 is 15.5 Å². The number of esters is 1. The quantitative estimate of drug-likeness (QED) is 0.668. The molecule has 0 spiro atoms. The van der Waals surface area contributed by atoms with E-state index in [2.05, 4.69) is 15.5 Å². The van der Waals surface area contributed by atoms with E-state index in [-0.39, 0.29) is 12.5 Å². The fourth-order valence-electron chi connectivity index (χ4n) is 2.76. The van der Waals surface area contributed by atoms with Gasteiger partial charge >= 0.3 is 5.97 Å². The molecule has 9 heteroatoms. The van der Waals surface area contributed by atoms with Gasteiger partial charge in [0.15, 0.2) is 6.10 Å². The number of morpholine rings is 1. The zero-order valence-electron chi connectivity index (χ0n) is 16.1. The number of hydrogen-bond acceptors (Lipinski definition) is 7. The summed E-state index contributed by atoms with van der Waals surface area (Å²) in [5, 5.41) is 6.96. The maximum Gasteiger partial charge on any atom is 0.326 e. The van der Waals surface area contributed by atoms with Crippen molar-refractivity contribution in [2.75, 3.05) is 43.1 Å². The topological polar surface area (TPSA) is 97.0 Å². The van der Waals surface area contributed by atoms with Gasteiger partial charge in [0.1, 0.15) is 6.54 Å². The van der Waals surface area contributed by atoms with Crippen molar-refractivity contribution >= 4 is 40.5 Å². The molecule has 1 aliphatic heterocycles. The van der Waals surface area contributed by atoms with Crippen LogP contribution in [0.3, 0.4) is 0 Å². The minimum Gasteiger partial charge on any atom is -0.451 e. The second-order valence-corrected chi connectivity index (χ2v) is 7.38. The molecule has 0 saturated carbocycles. The molecule has 29 heavy (non-hydrogen) atoms. The van der Waals surface area contributed by atoms with E-state index in [0.717, 1.165) is 18.8 Å². The average Bonchev–Trinajstić information content (AvgIpc) is 3.28. The van der Waals surface area contributed by atoms with Crippen LogP contribution in [0.2, 0.25) is 0 Å². The van der Waals surface area contributed by atoms with E-state index >= 15 is 0 Å². The number of anilines is 2. The molecule has 2 heterocycles. The molecule has 154 valence electrons. The smallest absolute Gasteiger partial charge is 0.326 e. The third kappa shape index (κ3) is 6.03. The zero-order chi connectivity index (χ0) is 20.6. The minimum absolute atomic E-state index is 0.303. The molecule has 1 atom stereocenters. The van der Waals surface area contributed by atoms with Gasteiger partial charge in [-0.25, -0.2) is 0 Å². The number of hydrogen-bond donors (Lipinski definition) is 2. The van der Waals surface area contributed by atoms with E-state index in [9.17, 15) is 14.4 Å². The summed E-state index contributed by atoms with van der Waals surface area (Å²) in [4.78, 5) is 38.7. The van der Waals surface area contributed by atoms with E-state index in [0.29, 0.717) is 23.8 Å². The van der Waals surface area contributed by atoms with Crippen LogP contribution in [0.1, 0.15) is 16.6 Å². The lowest BCUT2D eigenvalue weighted by atomic mass is 10.2. The van der Waals surface area contributed by atoms with Crippen LogP contribution in [0.4, 0.5) is 11.4 Å². The maximum absolute atomic E-state index is 12.3. The third-order valence-corrected chi connectivity index (χ3v) is 5.20. The van der Waals surface area contributed by atoms with Crippen LogP contribution in [0, 0.1) is 0 Å². The van der Waals surface area contributed by atoms with E-state index in [4.69, 9.17) is 9.47 Å². The van der Waals surface area contributed by atoms with Crippen molar-refractivity contribution in [2.24, 2.45) is 0 Å². The summed E-state index contributed by atoms with van der Waals surface area (Å²) in [6.07, 6.45) is -0.986. The van der Waals surface area contributed by atoms with Gasteiger partial charge in [0.2, 0.25) is 0 Å². The number of thiophene rings is 1. The van der Waals surface area contributed by atoms with Crippen molar-refractivity contribution in [3.8, 4) is 0 Å². The first-order chi connectivity index (χ1) is 14.0. The highest BCUT2D eigenvalue weighted by atomic mass is 32.1. The number of carbonyl (C=O) groups excluding carboxylic acids is 3. The highest BCUT2D eigenvalue weighted by Crippen LogP contribution is 2.19. The zero-order valence-corrected chi connectivity index (χ0v) is 16.9. The molecule has 2 aromatic rings. The lowest BCUT2D eigenvalue weighted by Gasteiger charge is -2.28. The Balaban J connectivity index is 1.43. The highest BCUT2D eigenvalue weighted by molar-refractivity contribution is 7.12. The normalized spacial score (nSPS) is 14.7. The summed E-state index contributed by atoms with van der Waals surface area (Å²) < 4.78 is 10.4. The monoisotopic (exact) mass is 417 g/mol. The lowest BCUT2D eigenvalue weighted by Crippen LogP contribution is -2.36. The van der Waals surface area contributed by atoms with E-state index in [1.54, 1.807) is 29.6 Å². The van der Waals surface area contributed by atoms with Crippen molar-refractivity contribution in [2.45, 2.75) is 13.0 Å². The summed E-state index contributed by atoms with van der Waals surface area (Å²) >= 11 is 1.28. The standard InChI is InChI=1S/C20H23N3O5S/c1-14(28-18(24)13-21-20(26)17-3-2-12-29-17)19(25)22-15-4-6-16(7-5-15)23-8-10-27-11-9-23/h2-7,12,14H,8-11,13H2,1H3,(H,21,26)(H,22,25)/t14-/m0/s1. The van der Waals surface area contributed by atoms with E-state index in [1.165, 1.54) is 18.3 Å². The van der Waals surface area contributed by atoms with Crippen LogP contribution >= 0.6 is 11.3 Å². The van der Waals surface area contributed by atoms with Crippen molar-refractivity contribution in [1.82, 2.24) is 5.32 Å². The molecular weight excluding hydrogens is 394 g/mol. The molecular formula is C20H23N3O5S. The summed E-state index contributed by atoms with van der Waals surface area (Å²) in [5.74, 6) is -1.48. The largest absolute Gasteiger partial charge is 0.451 e. The summed E-state index contributed by atoms with van der Waals surface area (Å²) in [6, 6.07) is 10.9. The second-order valence-electron chi connectivity index (χ2n) is 6.43. The van der Waals surface area contributed by atoms with Crippen molar-refractivity contribution in [3.63, 3.8) is 0 Å². The van der Waals surface area contributed by atoms with Crippen molar-refractivity contribution in [1.29, 1.82) is 0 Å². The predicted molar refractivity (Wildman–Crippen MR) is 110 cm³/mol. The van der Waals surface area contributed by atoms with Crippen LogP contribution in [-0.4, -0.2) is 56.7 Å². The van der Waals surface area contributed by atoms with Gasteiger partial charge in [-0.15, -0.1) is 11.3 Å². The Bertz CT molecular complexity index is 832. The molecule has 1 aliphatic rings. The Kier molecular flexibility index (Phi) is 7.20. The predicted octanol–water partition coefficient (Wildman–Crippen LogP) is 1.88. The van der Waals surface area contributed by atoms with Gasteiger partial charge in [-0.1, -0.05) is 6.07 Å². The molecule has 0 unspecified atom stereocenters. The molecule has 0 radical (unpaired) electrons. The number of ether oxygens (including phenoxy) is 2. The van der Waals surface area contributed by atoms with Gasteiger partial charge in [-0.2, -0.15) is 0 Å². The Morgan fingerprint density at radius 1 is 1.17 bits per heavy atom. The summed E-state index contributed by atoms with van der Waals surface area (Å²) in [7, 11) is 0. The molecule has 1 saturated heterocycles. The molecule has 8 nitrogen and oxygen atoms in total. The third-order valence-electron chi connectivity index (χ3n) is 4.33. The van der Waals surface area contributed by atoms with Crippen molar-refractivity contribution in [3.05, 3.63) is 46.7 Å². The first-order valence-corrected chi connectivity index (χ1v) is 10.2. The Morgan fingerprint density at radius 2 is 1.90 bits per heavy atom. The number of nitrogens with one attached hydrogen (secondary N) is 2. The van der Waals surface area contributed by atoms with Crippen LogP contribution in [-0.2, 0) is 19.1 Å². The highest BCUT2D eigenvalue weighted by Gasteiger charge is 2.19. The fourth-order valence-corrected chi connectivity index (χ4v) is 3.40.